The second kappa shape index (κ2) is 7.09. The van der Waals surface area contributed by atoms with Gasteiger partial charge in [0, 0.05) is 31.2 Å². The zero-order valence-electron chi connectivity index (χ0n) is 13.4. The minimum atomic E-state index is -2.55. The summed E-state index contributed by atoms with van der Waals surface area (Å²) in [4.78, 5) is 14.7. The number of benzene rings is 1. The van der Waals surface area contributed by atoms with Gasteiger partial charge in [-0.15, -0.1) is 0 Å². The van der Waals surface area contributed by atoms with Crippen LogP contribution in [0.15, 0.2) is 42.6 Å². The summed E-state index contributed by atoms with van der Waals surface area (Å²) < 4.78 is 26.2. The van der Waals surface area contributed by atoms with Crippen molar-refractivity contribution in [3.63, 3.8) is 0 Å². The van der Waals surface area contributed by atoms with Gasteiger partial charge in [-0.1, -0.05) is 30.3 Å². The fourth-order valence-corrected chi connectivity index (χ4v) is 3.23. The van der Waals surface area contributed by atoms with Crippen molar-refractivity contribution in [2.24, 2.45) is 0 Å². The monoisotopic (exact) mass is 334 g/mol. The molecule has 1 aromatic heterocycles. The van der Waals surface area contributed by atoms with E-state index in [0.717, 1.165) is 16.8 Å². The van der Waals surface area contributed by atoms with E-state index in [-0.39, 0.29) is 23.6 Å². The van der Waals surface area contributed by atoms with Gasteiger partial charge in [-0.25, -0.2) is 8.78 Å². The van der Waals surface area contributed by atoms with Gasteiger partial charge in [-0.3, -0.25) is 9.48 Å². The molecular formula is C17H20F2N4O. The fraction of sp³-hybridized carbons (Fsp3) is 0.412. The van der Waals surface area contributed by atoms with Crippen LogP contribution in [0.5, 0.6) is 0 Å². The number of carbonyl (C=O) groups excluding carboxylic acids is 1. The lowest BCUT2D eigenvalue weighted by atomic mass is 9.94. The molecule has 2 atom stereocenters. The van der Waals surface area contributed by atoms with Gasteiger partial charge >= 0.3 is 0 Å². The Bertz CT molecular complexity index is 689. The molecule has 0 aliphatic carbocycles. The minimum absolute atomic E-state index is 0.0696. The van der Waals surface area contributed by atoms with E-state index in [0.29, 0.717) is 6.54 Å². The van der Waals surface area contributed by atoms with Gasteiger partial charge < -0.3 is 10.2 Å². The maximum atomic E-state index is 12.6. The maximum absolute atomic E-state index is 12.6. The molecule has 1 fully saturated rings. The highest BCUT2D eigenvalue weighted by atomic mass is 19.3. The number of nitrogens with zero attached hydrogens (tertiary/aromatic N) is 3. The number of amides is 1. The fourth-order valence-electron chi connectivity index (χ4n) is 3.23. The average Bonchev–Trinajstić information content (AvgIpc) is 3.14. The molecule has 1 aliphatic rings. The number of likely N-dealkylation sites (N-methyl/N-ethyl adjacent to an activating group) is 1. The number of alkyl halides is 2. The molecule has 128 valence electrons. The van der Waals surface area contributed by atoms with Gasteiger partial charge in [0.2, 0.25) is 0 Å². The predicted molar refractivity (Wildman–Crippen MR) is 86.2 cm³/mol. The first-order valence-corrected chi connectivity index (χ1v) is 7.89. The number of aromatic nitrogens is 2. The van der Waals surface area contributed by atoms with Gasteiger partial charge in [-0.05, 0) is 18.7 Å². The summed E-state index contributed by atoms with van der Waals surface area (Å²) in [6, 6.07) is 11.4. The van der Waals surface area contributed by atoms with E-state index in [4.69, 9.17) is 0 Å². The third-order valence-electron chi connectivity index (χ3n) is 4.31. The van der Waals surface area contributed by atoms with Crippen LogP contribution in [0.4, 0.5) is 8.78 Å². The number of carbonyl (C=O) groups is 1. The molecule has 1 amide bonds. The van der Waals surface area contributed by atoms with E-state index in [2.05, 4.69) is 15.3 Å². The van der Waals surface area contributed by atoms with Gasteiger partial charge in [0.25, 0.3) is 12.3 Å². The van der Waals surface area contributed by atoms with Crippen LogP contribution in [0, 0.1) is 0 Å². The number of hydrogen-bond acceptors (Lipinski definition) is 3. The Morgan fingerprint density at radius 2 is 2.04 bits per heavy atom. The third kappa shape index (κ3) is 3.62. The van der Waals surface area contributed by atoms with Crippen LogP contribution >= 0.6 is 0 Å². The highest BCUT2D eigenvalue weighted by Gasteiger charge is 2.33. The van der Waals surface area contributed by atoms with Gasteiger partial charge in [0.15, 0.2) is 0 Å². The molecule has 0 radical (unpaired) electrons. The first-order valence-electron chi connectivity index (χ1n) is 7.89. The number of rotatable bonds is 5. The zero-order chi connectivity index (χ0) is 17.1. The summed E-state index contributed by atoms with van der Waals surface area (Å²) in [6.07, 6.45) is -1.18. The quantitative estimate of drug-likeness (QED) is 0.910. The van der Waals surface area contributed by atoms with Crippen molar-refractivity contribution in [3.05, 3.63) is 53.9 Å². The third-order valence-corrected chi connectivity index (χ3v) is 4.31. The van der Waals surface area contributed by atoms with Crippen LogP contribution in [0.1, 0.15) is 22.0 Å². The molecular weight excluding hydrogens is 314 g/mol. The van der Waals surface area contributed by atoms with E-state index in [1.54, 1.807) is 0 Å². The van der Waals surface area contributed by atoms with Crippen molar-refractivity contribution >= 4 is 5.91 Å². The van der Waals surface area contributed by atoms with Crippen molar-refractivity contribution in [1.29, 1.82) is 0 Å². The van der Waals surface area contributed by atoms with E-state index in [9.17, 15) is 13.6 Å². The Morgan fingerprint density at radius 3 is 2.75 bits per heavy atom. The molecule has 0 unspecified atom stereocenters. The zero-order valence-corrected chi connectivity index (χ0v) is 13.4. The van der Waals surface area contributed by atoms with Gasteiger partial charge in [-0.2, -0.15) is 5.10 Å². The van der Waals surface area contributed by atoms with Crippen LogP contribution in [-0.4, -0.2) is 53.2 Å². The Labute approximate surface area is 139 Å². The van der Waals surface area contributed by atoms with E-state index in [1.807, 2.05) is 37.4 Å². The Balaban J connectivity index is 1.74. The molecule has 7 heteroatoms. The predicted octanol–water partition coefficient (Wildman–Crippen LogP) is 1.98. The summed E-state index contributed by atoms with van der Waals surface area (Å²) in [5, 5.41) is 6.80. The first kappa shape index (κ1) is 16.6. The molecule has 0 saturated carbocycles. The van der Waals surface area contributed by atoms with Crippen LogP contribution in [0.3, 0.4) is 0 Å². The molecule has 1 aromatic carbocycles. The molecule has 1 N–H and O–H groups in total. The Morgan fingerprint density at radius 1 is 1.29 bits per heavy atom. The average molecular weight is 334 g/mol. The summed E-state index contributed by atoms with van der Waals surface area (Å²) in [5.41, 5.74) is 1.32. The number of hydrogen-bond donors (Lipinski definition) is 1. The van der Waals surface area contributed by atoms with Crippen LogP contribution in [0.25, 0.3) is 0 Å². The lowest BCUT2D eigenvalue weighted by Gasteiger charge is -2.20. The summed E-state index contributed by atoms with van der Waals surface area (Å²) >= 11 is 0. The largest absolute Gasteiger partial charge is 0.346 e. The van der Waals surface area contributed by atoms with Crippen molar-refractivity contribution in [1.82, 2.24) is 20.0 Å². The Hall–Kier alpha value is -2.28. The van der Waals surface area contributed by atoms with Crippen molar-refractivity contribution in [2.45, 2.75) is 24.9 Å². The highest BCUT2D eigenvalue weighted by Crippen LogP contribution is 2.26. The molecule has 0 bridgehead atoms. The lowest BCUT2D eigenvalue weighted by Crippen LogP contribution is -2.40. The highest BCUT2D eigenvalue weighted by molar-refractivity contribution is 5.92. The molecule has 2 aromatic rings. The van der Waals surface area contributed by atoms with Crippen LogP contribution < -0.4 is 5.32 Å². The second-order valence-electron chi connectivity index (χ2n) is 6.11. The van der Waals surface area contributed by atoms with Crippen molar-refractivity contribution < 1.29 is 13.6 Å². The smallest absolute Gasteiger partial charge is 0.269 e. The first-order chi connectivity index (χ1) is 11.5. The molecule has 0 spiro atoms. The van der Waals surface area contributed by atoms with Gasteiger partial charge in [0.05, 0.1) is 0 Å². The number of halogens is 2. The van der Waals surface area contributed by atoms with E-state index >= 15 is 0 Å². The van der Waals surface area contributed by atoms with Crippen LogP contribution in [-0.2, 0) is 6.54 Å². The van der Waals surface area contributed by atoms with Crippen molar-refractivity contribution in [2.75, 3.05) is 20.1 Å². The molecule has 24 heavy (non-hydrogen) atoms. The number of likely N-dealkylation sites (tertiary alicyclic amines) is 1. The number of nitrogens with one attached hydrogen (secondary N) is 1. The molecule has 1 aliphatic heterocycles. The second-order valence-corrected chi connectivity index (χ2v) is 6.11. The van der Waals surface area contributed by atoms with E-state index in [1.165, 1.54) is 12.3 Å². The molecule has 5 nitrogen and oxygen atoms in total. The topological polar surface area (TPSA) is 50.2 Å². The SMILES string of the molecule is CN1C[C@H](NC(=O)c2ccnn2CC(F)F)[C@H](c2ccccc2)C1. The summed E-state index contributed by atoms with van der Waals surface area (Å²) in [5.74, 6) is -0.194. The van der Waals surface area contributed by atoms with E-state index < -0.39 is 13.0 Å². The minimum Gasteiger partial charge on any atom is -0.346 e. The Kier molecular flexibility index (Phi) is 4.89. The lowest BCUT2D eigenvalue weighted by molar-refractivity contribution is 0.0906. The molecule has 2 heterocycles. The van der Waals surface area contributed by atoms with Gasteiger partial charge in [0.1, 0.15) is 12.2 Å². The van der Waals surface area contributed by atoms with Crippen molar-refractivity contribution in [3.8, 4) is 0 Å². The normalized spacial score (nSPS) is 21.3. The summed E-state index contributed by atoms with van der Waals surface area (Å²) in [6.45, 7) is 0.974. The standard InChI is InChI=1S/C17H20F2N4O/c1-22-9-13(12-5-3-2-4-6-12)14(10-22)21-17(24)15-7-8-20-23(15)11-16(18)19/h2-8,13-14,16H,9-11H2,1H3,(H,21,24)/t13-,14-/m0/s1. The molecule has 3 rings (SSSR count). The molecule has 1 saturated heterocycles. The maximum Gasteiger partial charge on any atom is 0.269 e. The summed E-state index contributed by atoms with van der Waals surface area (Å²) in [7, 11) is 2.00. The van der Waals surface area contributed by atoms with Crippen LogP contribution in [0.2, 0.25) is 0 Å².